The maximum atomic E-state index is 14.6. The third kappa shape index (κ3) is 50.1. The van der Waals surface area contributed by atoms with E-state index >= 15 is 0 Å². The van der Waals surface area contributed by atoms with Gasteiger partial charge in [-0.3, -0.25) is 82.7 Å². The number of ketones is 3. The first-order valence-electron chi connectivity index (χ1n) is 47.1. The fraction of sp³-hybridized carbons (Fsp3) is 0.674. The maximum Gasteiger partial charge on any atom is 0.243 e. The van der Waals surface area contributed by atoms with Crippen molar-refractivity contribution in [2.75, 3.05) is 116 Å². The van der Waals surface area contributed by atoms with E-state index in [0.29, 0.717) is 159 Å². The number of nitrogens with one attached hydrogen (secondary N) is 6. The van der Waals surface area contributed by atoms with Crippen LogP contribution in [0.1, 0.15) is 217 Å². The number of unbranched alkanes of at least 4 members (excludes halogenated alkanes) is 7. The molecule has 0 aliphatic rings. The zero-order chi connectivity index (χ0) is 101. The molecule has 34 N–H and O–H groups in total. The number of H-pyrrole nitrogens is 2. The number of Topliss-reactive ketones (excluding diaryl/α,β-unsaturated/α-hetero) is 3. The van der Waals surface area contributed by atoms with E-state index in [4.69, 9.17) is 79.9 Å². The Kier molecular flexibility index (Phi) is 63.5. The number of aliphatic hydroxyl groups is 1. The molecule has 2 heterocycles. The topological polar surface area (TPSA) is 774 Å². The summed E-state index contributed by atoms with van der Waals surface area (Å²) < 4.78 is 0. The van der Waals surface area contributed by atoms with Gasteiger partial charge in [-0.1, -0.05) is 25.0 Å². The number of carbonyl (C=O) groups is 13. The second-order valence-corrected chi connectivity index (χ2v) is 34.2. The molecule has 0 radical (unpaired) electrons. The Labute approximate surface area is 810 Å². The Morgan fingerprint density at radius 2 is 0.794 bits per heavy atom. The van der Waals surface area contributed by atoms with Gasteiger partial charge in [0.05, 0.1) is 42.7 Å². The predicted molar refractivity (Wildman–Crippen MR) is 530 cm³/mol. The summed E-state index contributed by atoms with van der Waals surface area (Å²) in [5.41, 5.74) is 75.0. The number of amides is 10. The number of imidazole rings is 2. The fourth-order valence-electron chi connectivity index (χ4n) is 15.3. The smallest absolute Gasteiger partial charge is 0.243 e. The number of thiol groups is 2. The van der Waals surface area contributed by atoms with Gasteiger partial charge in [0.15, 0.2) is 35.2 Å². The highest BCUT2D eigenvalue weighted by atomic mass is 32.1. The van der Waals surface area contributed by atoms with Gasteiger partial charge in [-0.25, -0.2) is 9.97 Å². The summed E-state index contributed by atoms with van der Waals surface area (Å²) in [6.45, 7) is 4.65. The van der Waals surface area contributed by atoms with Gasteiger partial charge in [-0.2, -0.15) is 25.3 Å². The molecular weight excluding hydrogens is 1790 g/mol. The molecule has 0 saturated carbocycles. The average molecular weight is 1950 g/mol. The largest absolute Gasteiger partial charge is 0.508 e. The third-order valence-electron chi connectivity index (χ3n) is 22.5. The molecule has 0 saturated heterocycles. The number of rotatable bonds is 76. The van der Waals surface area contributed by atoms with Crippen molar-refractivity contribution in [3.8, 4) is 5.75 Å². The van der Waals surface area contributed by atoms with Gasteiger partial charge >= 0.3 is 0 Å². The number of phenolic OH excluding ortho intramolecular Hbond substituents is 1. The lowest BCUT2D eigenvalue weighted by atomic mass is 9.97. The lowest BCUT2D eigenvalue weighted by Crippen LogP contribution is -2.56. The minimum atomic E-state index is -1.22. The van der Waals surface area contributed by atoms with E-state index < -0.39 is 77.9 Å². The lowest BCUT2D eigenvalue weighted by Gasteiger charge is -2.34. The van der Waals surface area contributed by atoms with Gasteiger partial charge in [-0.05, 0) is 185 Å². The van der Waals surface area contributed by atoms with Crippen molar-refractivity contribution in [3.63, 3.8) is 0 Å². The predicted octanol–water partition coefficient (Wildman–Crippen LogP) is -1.93. The van der Waals surface area contributed by atoms with E-state index in [0.717, 1.165) is 5.56 Å². The van der Waals surface area contributed by atoms with Crippen molar-refractivity contribution in [1.29, 1.82) is 5.41 Å². The Morgan fingerprint density at radius 3 is 1.24 bits per heavy atom. The highest BCUT2D eigenvalue weighted by Crippen LogP contribution is 2.24. The quantitative estimate of drug-likeness (QED) is 0.0127. The molecule has 1 aromatic carbocycles. The van der Waals surface area contributed by atoms with Gasteiger partial charge in [0.25, 0.3) is 0 Å². The lowest BCUT2D eigenvalue weighted by molar-refractivity contribution is -0.142. The van der Waals surface area contributed by atoms with Crippen LogP contribution in [0.25, 0.3) is 0 Å². The van der Waals surface area contributed by atoms with E-state index in [2.05, 4.69) is 76.1 Å². The van der Waals surface area contributed by atoms with Gasteiger partial charge in [-0.15, -0.1) is 0 Å². The summed E-state index contributed by atoms with van der Waals surface area (Å²) in [6.07, 6.45) is 15.1. The molecule has 2 aromatic heterocycles. The van der Waals surface area contributed by atoms with Crippen LogP contribution >= 0.6 is 25.3 Å². The zero-order valence-electron chi connectivity index (χ0n) is 79.6. The summed E-state index contributed by atoms with van der Waals surface area (Å²) >= 11 is 8.44. The van der Waals surface area contributed by atoms with Crippen molar-refractivity contribution < 1.29 is 72.5 Å². The summed E-state index contributed by atoms with van der Waals surface area (Å²) in [7, 11) is 0. The van der Waals surface area contributed by atoms with Crippen LogP contribution in [0.15, 0.2) is 64.3 Å². The number of amidine groups is 1. The first-order valence-corrected chi connectivity index (χ1v) is 48.4. The number of benzene rings is 1. The van der Waals surface area contributed by atoms with Crippen molar-refractivity contribution in [2.45, 2.75) is 268 Å². The number of carbonyl (C=O) groups excluding carboxylic acids is 13. The Balaban J connectivity index is 0.000000921. The summed E-state index contributed by atoms with van der Waals surface area (Å²) in [5.74, 6) is -4.84. The molecule has 3 rings (SSSR count). The van der Waals surface area contributed by atoms with Crippen molar-refractivity contribution in [3.05, 3.63) is 66.3 Å². The van der Waals surface area contributed by atoms with Crippen molar-refractivity contribution in [1.82, 2.24) is 65.3 Å². The summed E-state index contributed by atoms with van der Waals surface area (Å²) in [5, 5.41) is 35.5. The first-order chi connectivity index (χ1) is 65.0. The van der Waals surface area contributed by atoms with Gasteiger partial charge < -0.3 is 140 Å². The second kappa shape index (κ2) is 71.4. The number of hydrogen-bond acceptors (Lipinski definition) is 28. The molecule has 0 fully saturated rings. The highest BCUT2D eigenvalue weighted by Gasteiger charge is 2.37. The SMILES string of the molecule is CC(=O)C(CCCCN)N(CCCC(=O)C(Cc1cnc[nH]1)N(CCCC(=O)C(CCCCC(=N)N)N(CCN)C(=O)CCS)C(=O)CCc1ccc(O)cc1)C(=O)CCCCN=C(N)N.CC(O)C(N)C(=O)NCCN(C(=O)CCS)C(CCCN=C(N)N)C(=O)NCCN(C(=O)CCCCCN)C(Cc1cnc[nH]1)C(=O)NCCN(C(=O)CCCCN=C(N)N)C(CCCCN)C(N)=O. The number of aromatic hydroxyl groups is 1. The van der Waals surface area contributed by atoms with Crippen molar-refractivity contribution in [2.24, 2.45) is 89.5 Å². The number of aliphatic imine (C=N–C) groups is 3. The molecule has 8 atom stereocenters. The molecule has 10 amide bonds. The van der Waals surface area contributed by atoms with Crippen LogP contribution in [0.5, 0.6) is 5.75 Å². The van der Waals surface area contributed by atoms with Crippen molar-refractivity contribution >= 4 is 125 Å². The number of guanidine groups is 3. The Bertz CT molecular complexity index is 4120. The number of aromatic nitrogens is 4. The van der Waals surface area contributed by atoms with Gasteiger partial charge in [0.1, 0.15) is 29.9 Å². The minimum absolute atomic E-state index is 0.00106. The van der Waals surface area contributed by atoms with E-state index in [9.17, 15) is 72.5 Å². The zero-order valence-corrected chi connectivity index (χ0v) is 81.4. The average Bonchev–Trinajstić information content (AvgIpc) is 1.01. The molecular formula is C89H158N30O15S2. The van der Waals surface area contributed by atoms with Gasteiger partial charge in [0.2, 0.25) is 59.1 Å². The number of nitrogens with two attached hydrogens (primary N) is 13. The molecule has 0 aliphatic heterocycles. The number of aliphatic hydroxyl groups excluding tert-OH is 1. The van der Waals surface area contributed by atoms with Gasteiger partial charge in [0, 0.05) is 179 Å². The fourth-order valence-corrected chi connectivity index (χ4v) is 15.7. The summed E-state index contributed by atoms with van der Waals surface area (Å²) in [6, 6.07) is -0.397. The Morgan fingerprint density at radius 1 is 0.419 bits per heavy atom. The molecule has 8 unspecified atom stereocenters. The van der Waals surface area contributed by atoms with E-state index in [1.165, 1.54) is 69.3 Å². The molecule has 136 heavy (non-hydrogen) atoms. The number of nitrogens with zero attached hydrogens (tertiary/aromatic N) is 11. The first kappa shape index (κ1) is 121. The molecule has 45 nitrogen and oxygen atoms in total. The van der Waals surface area contributed by atoms with Crippen LogP contribution in [0.3, 0.4) is 0 Å². The van der Waals surface area contributed by atoms with Crippen LogP contribution in [0, 0.1) is 5.41 Å². The molecule has 0 bridgehead atoms. The maximum absolute atomic E-state index is 14.6. The monoisotopic (exact) mass is 1950 g/mol. The molecule has 47 heteroatoms. The summed E-state index contributed by atoms with van der Waals surface area (Å²) in [4.78, 5) is 213. The number of primary amides is 1. The number of aryl methyl sites for hydroxylation is 1. The molecule has 766 valence electrons. The van der Waals surface area contributed by atoms with Crippen LogP contribution in [-0.4, -0.2) is 324 Å². The number of aromatic amines is 2. The number of phenols is 1. The van der Waals surface area contributed by atoms with Crippen LogP contribution in [0.2, 0.25) is 0 Å². The molecule has 0 aliphatic carbocycles. The van der Waals surface area contributed by atoms with Crippen LogP contribution < -0.4 is 90.5 Å². The minimum Gasteiger partial charge on any atom is -0.508 e. The third-order valence-corrected chi connectivity index (χ3v) is 23.0. The Hall–Kier alpha value is -11.1. The normalized spacial score (nSPS) is 12.8. The molecule has 3 aromatic rings. The van der Waals surface area contributed by atoms with E-state index in [1.54, 1.807) is 23.2 Å². The molecule has 0 spiro atoms. The van der Waals surface area contributed by atoms with E-state index in [1.807, 2.05) is 0 Å². The highest BCUT2D eigenvalue weighted by molar-refractivity contribution is 7.80. The van der Waals surface area contributed by atoms with Crippen LogP contribution in [0.4, 0.5) is 0 Å². The standard InChI is InChI=1S/C46H76N12O7S.C43H82N18O8S/c1-33(59)37(10-4-6-23-47)56(43(63)15-5-7-25-54-46(51)52)26-9-13-41(62)39(30-35-31-53-32-55-35)57(44(64)21-18-34-16-19-36(60)20-17-34)27-8-12-40(61)38(11-2-3-14-42(49)50)58(28-24-48)45(65)22-29-66;1-29(62)37(46)41(69)55-21-23-60(36(65)14-25-70)32(11-9-18-57-43(50)51)39(67)53-20-24-61(35(64)12-3-2-6-15-44)33(26-30-27-52-28-58-30)40(68)54-19-22-59(31(38(47)66)10-4-7-16-45)34(63)13-5-8-17-56-42(48)49/h16-17,19-20,31-32,37-39,60,66H,2-15,18,21-30,47-48H2,1H3,(H3,49,50)(H,53,55)(H4,51,52,54);27-29,31-33,37,62,70H,2-26,44-46H2,1H3,(H2,47,66)(H,52,58)(H,53,67)(H,54,68)(H,55,69)(H4,48,49,56)(H4,50,51,57). The van der Waals surface area contributed by atoms with E-state index in [-0.39, 0.29) is 250 Å². The van der Waals surface area contributed by atoms with Crippen LogP contribution in [-0.2, 0) is 81.6 Å². The second-order valence-electron chi connectivity index (χ2n) is 33.3. The number of hydrogen-bond donors (Lipinski definition) is 23.